The molecule has 1 aliphatic heterocycles. The van der Waals surface area contributed by atoms with Crippen molar-refractivity contribution >= 4 is 5.91 Å². The van der Waals surface area contributed by atoms with Gasteiger partial charge in [-0.15, -0.1) is 0 Å². The van der Waals surface area contributed by atoms with Gasteiger partial charge in [-0.25, -0.2) is 0 Å². The van der Waals surface area contributed by atoms with Gasteiger partial charge in [0.25, 0.3) is 0 Å². The van der Waals surface area contributed by atoms with Crippen LogP contribution in [0, 0.1) is 17.2 Å². The van der Waals surface area contributed by atoms with Crippen molar-refractivity contribution in [1.29, 1.82) is 5.26 Å². The van der Waals surface area contributed by atoms with Crippen LogP contribution in [0.15, 0.2) is 97.2 Å². The van der Waals surface area contributed by atoms with Crippen molar-refractivity contribution in [3.05, 3.63) is 125 Å². The molecule has 0 saturated heterocycles. The molecule has 2 N–H and O–H groups in total. The van der Waals surface area contributed by atoms with E-state index in [-0.39, 0.29) is 17.4 Å². The van der Waals surface area contributed by atoms with Gasteiger partial charge in [0, 0.05) is 26.1 Å². The highest BCUT2D eigenvalue weighted by Crippen LogP contribution is 2.68. The third kappa shape index (κ3) is 3.97. The molecule has 1 unspecified atom stereocenters. The van der Waals surface area contributed by atoms with Gasteiger partial charge in [0.1, 0.15) is 29.9 Å². The minimum Gasteiger partial charge on any atom is -0.487 e. The average molecular weight is 548 g/mol. The standard InChI is InChI=1S/C33H29N3O5/c1-36(2)31(38)27-28(23-11-7-4-8-12-23)33(24-15-13-21(18-34)14-16-24)32(39,30(27)37)29-26(41-33)17-25(19-35-29)40-20-22-9-5-3-6-10-22/h3-17,19,27-28,30,37,39H,20H2,1-2H3/t27-,28-,30-,32?,33+/m1/s1. The number of carbonyl (C=O) groups excluding carboxylic acids is 1. The summed E-state index contributed by atoms with van der Waals surface area (Å²) in [6.07, 6.45) is -0.0772. The first kappa shape index (κ1) is 26.5. The molecule has 1 amide bonds. The number of amides is 1. The zero-order chi connectivity index (χ0) is 28.8. The number of ether oxygens (including phenoxy) is 2. The molecule has 41 heavy (non-hydrogen) atoms. The molecule has 0 spiro atoms. The number of rotatable bonds is 6. The number of fused-ring (bicyclic) bond motifs is 3. The Balaban J connectivity index is 1.54. The number of pyridine rings is 1. The van der Waals surface area contributed by atoms with Crippen molar-refractivity contribution in [3.63, 3.8) is 0 Å². The number of hydrogen-bond acceptors (Lipinski definition) is 7. The fraction of sp³-hybridized carbons (Fsp3) is 0.242. The predicted octanol–water partition coefficient (Wildman–Crippen LogP) is 3.87. The highest BCUT2D eigenvalue weighted by molar-refractivity contribution is 5.82. The third-order valence-electron chi connectivity index (χ3n) is 8.17. The van der Waals surface area contributed by atoms with Crippen molar-refractivity contribution in [3.8, 4) is 17.6 Å². The Hall–Kier alpha value is -4.71. The van der Waals surface area contributed by atoms with Crippen LogP contribution in [0.2, 0.25) is 0 Å². The van der Waals surface area contributed by atoms with Gasteiger partial charge < -0.3 is 24.6 Å². The quantitative estimate of drug-likeness (QED) is 0.377. The second kappa shape index (κ2) is 10.0. The van der Waals surface area contributed by atoms with Crippen LogP contribution in [-0.4, -0.2) is 46.2 Å². The van der Waals surface area contributed by atoms with Gasteiger partial charge in [0.05, 0.1) is 23.7 Å². The summed E-state index contributed by atoms with van der Waals surface area (Å²) in [5.41, 5.74) is -1.02. The van der Waals surface area contributed by atoms with Crippen molar-refractivity contribution in [2.75, 3.05) is 14.1 Å². The molecule has 1 aromatic heterocycles. The molecule has 8 nitrogen and oxygen atoms in total. The number of aliphatic hydroxyl groups is 2. The van der Waals surface area contributed by atoms with Gasteiger partial charge >= 0.3 is 0 Å². The number of carbonyl (C=O) groups is 1. The van der Waals surface area contributed by atoms with E-state index < -0.39 is 29.1 Å². The summed E-state index contributed by atoms with van der Waals surface area (Å²) in [6.45, 7) is 0.307. The van der Waals surface area contributed by atoms with E-state index in [9.17, 15) is 20.3 Å². The summed E-state index contributed by atoms with van der Waals surface area (Å²) in [5, 5.41) is 34.1. The van der Waals surface area contributed by atoms with Crippen LogP contribution in [0.25, 0.3) is 0 Å². The summed E-state index contributed by atoms with van der Waals surface area (Å²) >= 11 is 0. The normalized spacial score (nSPS) is 25.9. The molecule has 2 aliphatic rings. The maximum Gasteiger partial charge on any atom is 0.228 e. The zero-order valence-electron chi connectivity index (χ0n) is 22.6. The van der Waals surface area contributed by atoms with Gasteiger partial charge in [-0.1, -0.05) is 72.8 Å². The monoisotopic (exact) mass is 547 g/mol. The molecule has 6 rings (SSSR count). The molecule has 5 atom stereocenters. The summed E-state index contributed by atoms with van der Waals surface area (Å²) < 4.78 is 12.8. The first-order valence-electron chi connectivity index (χ1n) is 13.3. The average Bonchev–Trinajstić information content (AvgIpc) is 3.38. The van der Waals surface area contributed by atoms with Crippen LogP contribution >= 0.6 is 0 Å². The van der Waals surface area contributed by atoms with Crippen LogP contribution in [0.5, 0.6) is 11.5 Å². The number of aromatic nitrogens is 1. The molecule has 3 aromatic carbocycles. The SMILES string of the molecule is CN(C)C(=O)[C@H]1[C@@H](O)C2(O)c3ncc(OCc4ccccc4)cc3O[C@@]2(c2ccc(C#N)cc2)[C@@H]1c1ccccc1. The molecular weight excluding hydrogens is 518 g/mol. The van der Waals surface area contributed by atoms with E-state index in [1.54, 1.807) is 44.4 Å². The molecule has 8 heteroatoms. The van der Waals surface area contributed by atoms with Crippen molar-refractivity contribution in [2.24, 2.45) is 5.92 Å². The summed E-state index contributed by atoms with van der Waals surface area (Å²) in [5.74, 6) is -1.54. The maximum atomic E-state index is 13.7. The van der Waals surface area contributed by atoms with E-state index in [0.717, 1.165) is 5.56 Å². The fourth-order valence-electron chi connectivity index (χ4n) is 6.32. The Kier molecular flexibility index (Phi) is 6.49. The number of benzene rings is 3. The van der Waals surface area contributed by atoms with Crippen molar-refractivity contribution in [1.82, 2.24) is 9.88 Å². The van der Waals surface area contributed by atoms with Crippen LogP contribution in [0.4, 0.5) is 0 Å². The Morgan fingerprint density at radius 1 is 1.05 bits per heavy atom. The van der Waals surface area contributed by atoms with Crippen LogP contribution in [0.1, 0.15) is 33.9 Å². The molecule has 0 bridgehead atoms. The van der Waals surface area contributed by atoms with Gasteiger partial charge in [-0.2, -0.15) is 5.26 Å². The first-order chi connectivity index (χ1) is 19.8. The molecule has 1 saturated carbocycles. The van der Waals surface area contributed by atoms with E-state index in [0.29, 0.717) is 29.0 Å². The predicted molar refractivity (Wildman–Crippen MR) is 150 cm³/mol. The molecule has 4 aromatic rings. The minimum atomic E-state index is -2.11. The Bertz CT molecular complexity index is 1620. The van der Waals surface area contributed by atoms with Gasteiger partial charge in [0.2, 0.25) is 5.91 Å². The largest absolute Gasteiger partial charge is 0.487 e. The summed E-state index contributed by atoms with van der Waals surface area (Å²) in [4.78, 5) is 19.7. The Morgan fingerprint density at radius 2 is 1.71 bits per heavy atom. The lowest BCUT2D eigenvalue weighted by Crippen LogP contribution is -2.52. The van der Waals surface area contributed by atoms with Crippen LogP contribution < -0.4 is 9.47 Å². The molecule has 1 fully saturated rings. The van der Waals surface area contributed by atoms with E-state index in [2.05, 4.69) is 11.1 Å². The lowest BCUT2D eigenvalue weighted by atomic mass is 9.71. The Morgan fingerprint density at radius 3 is 2.34 bits per heavy atom. The molecule has 206 valence electrons. The van der Waals surface area contributed by atoms with Crippen LogP contribution in [0.3, 0.4) is 0 Å². The second-order valence-electron chi connectivity index (χ2n) is 10.7. The van der Waals surface area contributed by atoms with Gasteiger partial charge in [-0.3, -0.25) is 9.78 Å². The van der Waals surface area contributed by atoms with E-state index in [1.807, 2.05) is 60.7 Å². The third-order valence-corrected chi connectivity index (χ3v) is 8.17. The summed E-state index contributed by atoms with van der Waals surface area (Å²) in [7, 11) is 3.24. The van der Waals surface area contributed by atoms with E-state index in [1.165, 1.54) is 11.1 Å². The van der Waals surface area contributed by atoms with Crippen LogP contribution in [-0.2, 0) is 22.6 Å². The van der Waals surface area contributed by atoms with Crippen molar-refractivity contribution in [2.45, 2.75) is 29.8 Å². The van der Waals surface area contributed by atoms with E-state index >= 15 is 0 Å². The number of nitriles is 1. The number of hydrogen-bond donors (Lipinski definition) is 2. The van der Waals surface area contributed by atoms with E-state index in [4.69, 9.17) is 9.47 Å². The minimum absolute atomic E-state index is 0.122. The first-order valence-corrected chi connectivity index (χ1v) is 13.3. The summed E-state index contributed by atoms with van der Waals surface area (Å²) in [6, 6.07) is 29.4. The Labute approximate surface area is 238 Å². The molecule has 2 heterocycles. The smallest absolute Gasteiger partial charge is 0.228 e. The number of aliphatic hydroxyl groups excluding tert-OH is 1. The molecule has 0 radical (unpaired) electrons. The molecular formula is C33H29N3O5. The maximum absolute atomic E-state index is 13.7. The highest BCUT2D eigenvalue weighted by Gasteiger charge is 2.78. The lowest BCUT2D eigenvalue weighted by Gasteiger charge is -2.40. The highest BCUT2D eigenvalue weighted by atomic mass is 16.5. The molecule has 1 aliphatic carbocycles. The zero-order valence-corrected chi connectivity index (χ0v) is 22.6. The number of nitrogens with zero attached hydrogens (tertiary/aromatic N) is 3. The second-order valence-corrected chi connectivity index (χ2v) is 10.7. The van der Waals surface area contributed by atoms with Crippen molar-refractivity contribution < 1.29 is 24.5 Å². The van der Waals surface area contributed by atoms with Gasteiger partial charge in [-0.05, 0) is 28.8 Å². The fourth-order valence-corrected chi connectivity index (χ4v) is 6.32. The van der Waals surface area contributed by atoms with Gasteiger partial charge in [0.15, 0.2) is 11.2 Å². The topological polar surface area (TPSA) is 116 Å². The lowest BCUT2D eigenvalue weighted by molar-refractivity contribution is -0.157.